The molecule has 1 N–H and O–H groups in total. The van der Waals surface area contributed by atoms with Crippen LogP contribution < -0.4 is 0 Å². The number of rotatable bonds is 5. The Bertz CT molecular complexity index is 717. The number of fused-ring (bicyclic) bond motifs is 1. The minimum Gasteiger partial charge on any atom is -0.481 e. The number of amides is 1. The molecule has 1 atom stereocenters. The van der Waals surface area contributed by atoms with Crippen LogP contribution >= 0.6 is 0 Å². The van der Waals surface area contributed by atoms with Gasteiger partial charge >= 0.3 is 5.97 Å². The molecule has 22 heavy (non-hydrogen) atoms. The smallest absolute Gasteiger partial charge is 0.308 e. The number of carboxylic acid groups (broad SMARTS) is 1. The summed E-state index contributed by atoms with van der Waals surface area (Å²) in [5.74, 6) is -1.60. The Morgan fingerprint density at radius 1 is 1.32 bits per heavy atom. The van der Waals surface area contributed by atoms with E-state index in [9.17, 15) is 9.59 Å². The van der Waals surface area contributed by atoms with Crippen LogP contribution in [0.2, 0.25) is 0 Å². The summed E-state index contributed by atoms with van der Waals surface area (Å²) < 4.78 is 5.60. The summed E-state index contributed by atoms with van der Waals surface area (Å²) in [6, 6.07) is 3.97. The van der Waals surface area contributed by atoms with Gasteiger partial charge in [0.25, 0.3) is 0 Å². The van der Waals surface area contributed by atoms with E-state index < -0.39 is 11.9 Å². The van der Waals surface area contributed by atoms with Crippen molar-refractivity contribution in [2.24, 2.45) is 5.92 Å². The lowest BCUT2D eigenvalue weighted by Gasteiger charge is -2.19. The van der Waals surface area contributed by atoms with Gasteiger partial charge in [-0.3, -0.25) is 9.59 Å². The van der Waals surface area contributed by atoms with E-state index in [0.717, 1.165) is 27.7 Å². The Kier molecular flexibility index (Phi) is 4.54. The maximum absolute atomic E-state index is 12.3. The molecule has 1 amide bonds. The molecule has 0 radical (unpaired) electrons. The zero-order valence-electron chi connectivity index (χ0n) is 13.3. The maximum Gasteiger partial charge on any atom is 0.308 e. The summed E-state index contributed by atoms with van der Waals surface area (Å²) >= 11 is 0. The molecule has 0 spiro atoms. The first kappa shape index (κ1) is 16.1. The largest absolute Gasteiger partial charge is 0.481 e. The number of carboxylic acids is 1. The van der Waals surface area contributed by atoms with Gasteiger partial charge in [-0.25, -0.2) is 0 Å². The third kappa shape index (κ3) is 3.13. The van der Waals surface area contributed by atoms with Crippen LogP contribution in [0.1, 0.15) is 23.6 Å². The summed E-state index contributed by atoms with van der Waals surface area (Å²) in [6.45, 7) is 5.80. The van der Waals surface area contributed by atoms with Crippen molar-refractivity contribution >= 4 is 22.8 Å². The van der Waals surface area contributed by atoms with E-state index in [2.05, 4.69) is 0 Å². The van der Waals surface area contributed by atoms with Crippen LogP contribution in [0.3, 0.4) is 0 Å². The van der Waals surface area contributed by atoms with Gasteiger partial charge in [0.2, 0.25) is 5.91 Å². The first-order chi connectivity index (χ1) is 10.3. The topological polar surface area (TPSA) is 70.8 Å². The van der Waals surface area contributed by atoms with Crippen LogP contribution in [0.15, 0.2) is 22.8 Å². The van der Waals surface area contributed by atoms with Crippen molar-refractivity contribution in [1.82, 2.24) is 4.90 Å². The van der Waals surface area contributed by atoms with Crippen molar-refractivity contribution < 1.29 is 19.1 Å². The molecule has 1 aromatic heterocycles. The number of likely N-dealkylation sites (N-methyl/N-ethyl adjacent to an activating group) is 1. The van der Waals surface area contributed by atoms with Gasteiger partial charge in [0.15, 0.2) is 0 Å². The lowest BCUT2D eigenvalue weighted by atomic mass is 10.0. The second kappa shape index (κ2) is 6.22. The van der Waals surface area contributed by atoms with Crippen LogP contribution in [0.25, 0.3) is 11.0 Å². The molecular weight excluding hydrogens is 282 g/mol. The fourth-order valence-corrected chi connectivity index (χ4v) is 2.41. The average molecular weight is 303 g/mol. The molecule has 0 aliphatic carbocycles. The Hall–Kier alpha value is -2.30. The van der Waals surface area contributed by atoms with Gasteiger partial charge in [-0.05, 0) is 25.0 Å². The fraction of sp³-hybridized carbons (Fsp3) is 0.412. The predicted octanol–water partition coefficient (Wildman–Crippen LogP) is 2.77. The van der Waals surface area contributed by atoms with Crippen LogP contribution in [0.5, 0.6) is 0 Å². The van der Waals surface area contributed by atoms with Gasteiger partial charge in [-0.1, -0.05) is 19.1 Å². The van der Waals surface area contributed by atoms with E-state index >= 15 is 0 Å². The van der Waals surface area contributed by atoms with E-state index in [1.807, 2.05) is 26.0 Å². The summed E-state index contributed by atoms with van der Waals surface area (Å²) in [5.41, 5.74) is 3.86. The maximum atomic E-state index is 12.3. The second-order valence-electron chi connectivity index (χ2n) is 5.84. The SMILES string of the molecule is Cc1ccc2c(CC(=O)N(C)CC(C)C(=O)O)coc2c1C. The van der Waals surface area contributed by atoms with Crippen molar-refractivity contribution in [3.05, 3.63) is 35.1 Å². The molecule has 0 fully saturated rings. The summed E-state index contributed by atoms with van der Waals surface area (Å²) in [7, 11) is 1.62. The van der Waals surface area contributed by atoms with Gasteiger partial charge in [-0.15, -0.1) is 0 Å². The number of hydrogen-bond acceptors (Lipinski definition) is 3. The minimum absolute atomic E-state index is 0.117. The van der Waals surface area contributed by atoms with Crippen LogP contribution in [0.4, 0.5) is 0 Å². The Balaban J connectivity index is 2.15. The van der Waals surface area contributed by atoms with E-state index in [1.165, 1.54) is 4.90 Å². The number of nitrogens with zero attached hydrogens (tertiary/aromatic N) is 1. The highest BCUT2D eigenvalue weighted by Gasteiger charge is 2.19. The molecule has 0 saturated heterocycles. The highest BCUT2D eigenvalue weighted by atomic mass is 16.4. The van der Waals surface area contributed by atoms with Crippen LogP contribution in [0, 0.1) is 19.8 Å². The number of aliphatic carboxylic acids is 1. The predicted molar refractivity (Wildman–Crippen MR) is 83.8 cm³/mol. The van der Waals surface area contributed by atoms with Crippen molar-refractivity contribution in [1.29, 1.82) is 0 Å². The lowest BCUT2D eigenvalue weighted by Crippen LogP contribution is -2.34. The molecule has 5 heteroatoms. The fourth-order valence-electron chi connectivity index (χ4n) is 2.41. The zero-order valence-corrected chi connectivity index (χ0v) is 13.3. The highest BCUT2D eigenvalue weighted by Crippen LogP contribution is 2.27. The molecule has 0 bridgehead atoms. The molecule has 0 aliphatic heterocycles. The van der Waals surface area contributed by atoms with Gasteiger partial charge < -0.3 is 14.4 Å². The quantitative estimate of drug-likeness (QED) is 0.922. The number of hydrogen-bond donors (Lipinski definition) is 1. The number of carbonyl (C=O) groups is 2. The number of aryl methyl sites for hydroxylation is 2. The van der Waals surface area contributed by atoms with E-state index in [4.69, 9.17) is 9.52 Å². The zero-order chi connectivity index (χ0) is 16.4. The van der Waals surface area contributed by atoms with Gasteiger partial charge in [0.1, 0.15) is 5.58 Å². The summed E-state index contributed by atoms with van der Waals surface area (Å²) in [5, 5.41) is 9.86. The van der Waals surface area contributed by atoms with Gasteiger partial charge in [0.05, 0.1) is 18.6 Å². The third-order valence-electron chi connectivity index (χ3n) is 4.08. The average Bonchev–Trinajstić information content (AvgIpc) is 2.86. The first-order valence-electron chi connectivity index (χ1n) is 7.24. The van der Waals surface area contributed by atoms with E-state index in [0.29, 0.717) is 0 Å². The van der Waals surface area contributed by atoms with Gasteiger partial charge in [0, 0.05) is 24.5 Å². The molecule has 5 nitrogen and oxygen atoms in total. The van der Waals surface area contributed by atoms with Crippen molar-refractivity contribution in [2.75, 3.05) is 13.6 Å². The molecule has 2 aromatic rings. The molecule has 1 heterocycles. The number of benzene rings is 1. The van der Waals surface area contributed by atoms with Crippen LogP contribution in [-0.4, -0.2) is 35.5 Å². The Morgan fingerprint density at radius 3 is 2.64 bits per heavy atom. The molecule has 1 unspecified atom stereocenters. The number of carbonyl (C=O) groups excluding carboxylic acids is 1. The summed E-state index contributed by atoms with van der Waals surface area (Å²) in [6.07, 6.45) is 1.82. The number of furan rings is 1. The Labute approximate surface area is 129 Å². The monoisotopic (exact) mass is 303 g/mol. The van der Waals surface area contributed by atoms with Crippen molar-refractivity contribution in [3.8, 4) is 0 Å². The Morgan fingerprint density at radius 2 is 2.00 bits per heavy atom. The third-order valence-corrected chi connectivity index (χ3v) is 4.08. The summed E-state index contributed by atoms with van der Waals surface area (Å²) in [4.78, 5) is 24.6. The molecule has 0 aliphatic rings. The molecule has 2 rings (SSSR count). The van der Waals surface area contributed by atoms with Crippen molar-refractivity contribution in [3.63, 3.8) is 0 Å². The minimum atomic E-state index is -0.903. The van der Waals surface area contributed by atoms with Crippen molar-refractivity contribution in [2.45, 2.75) is 27.2 Å². The van der Waals surface area contributed by atoms with Crippen LogP contribution in [-0.2, 0) is 16.0 Å². The second-order valence-corrected chi connectivity index (χ2v) is 5.84. The normalized spacial score (nSPS) is 12.4. The molecule has 1 aromatic carbocycles. The van der Waals surface area contributed by atoms with E-state index in [1.54, 1.807) is 20.2 Å². The first-order valence-corrected chi connectivity index (χ1v) is 7.24. The van der Waals surface area contributed by atoms with Gasteiger partial charge in [-0.2, -0.15) is 0 Å². The lowest BCUT2D eigenvalue weighted by molar-refractivity contribution is -0.142. The van der Waals surface area contributed by atoms with E-state index in [-0.39, 0.29) is 18.9 Å². The molecule has 0 saturated carbocycles. The highest BCUT2D eigenvalue weighted by molar-refractivity contribution is 5.89. The molecule has 118 valence electrons. The molecular formula is C17H21NO4. The standard InChI is InChI=1S/C17H21NO4/c1-10-5-6-14-13(9-22-16(14)12(10)3)7-15(19)18(4)8-11(2)17(20)21/h5-6,9,11H,7-8H2,1-4H3,(H,20,21).